The van der Waals surface area contributed by atoms with Gasteiger partial charge in [-0.3, -0.25) is 4.90 Å². The monoisotopic (exact) mass is 335 g/mol. The van der Waals surface area contributed by atoms with E-state index in [9.17, 15) is 15.8 Å². The Hall–Kier alpha value is -2.59. The van der Waals surface area contributed by atoms with Crippen molar-refractivity contribution in [3.05, 3.63) is 45.3 Å². The Morgan fingerprint density at radius 3 is 2.67 bits per heavy atom. The zero-order valence-corrected chi connectivity index (χ0v) is 14.2. The third kappa shape index (κ3) is 2.14. The Kier molecular flexibility index (Phi) is 4.16. The van der Waals surface area contributed by atoms with Crippen molar-refractivity contribution in [2.75, 3.05) is 19.6 Å². The molecule has 2 N–H and O–H groups in total. The number of nitrogens with zero attached hydrogens (tertiary/aromatic N) is 4. The number of allylic oxidation sites excluding steroid dienone is 2. The van der Waals surface area contributed by atoms with E-state index in [4.69, 9.17) is 5.73 Å². The molecule has 3 rings (SSSR count). The molecular formula is C18H17N5S. The molecule has 0 amide bonds. The fourth-order valence-electron chi connectivity index (χ4n) is 3.83. The lowest BCUT2D eigenvalue weighted by Gasteiger charge is -2.45. The number of nitrogens with two attached hydrogens (primary N) is 1. The maximum Gasteiger partial charge on any atom is 0.191 e. The lowest BCUT2D eigenvalue weighted by molar-refractivity contribution is 0.215. The quantitative estimate of drug-likeness (QED) is 0.895. The van der Waals surface area contributed by atoms with Crippen LogP contribution in [0.2, 0.25) is 0 Å². The topological polar surface area (TPSA) is 101 Å². The first-order chi connectivity index (χ1) is 11.6. The first kappa shape index (κ1) is 16.3. The van der Waals surface area contributed by atoms with Crippen molar-refractivity contribution in [2.45, 2.75) is 12.8 Å². The van der Waals surface area contributed by atoms with Crippen LogP contribution in [0.3, 0.4) is 0 Å². The van der Waals surface area contributed by atoms with Gasteiger partial charge in [-0.1, -0.05) is 13.0 Å². The molecule has 1 aliphatic carbocycles. The molecule has 0 radical (unpaired) electrons. The van der Waals surface area contributed by atoms with Gasteiger partial charge in [0.15, 0.2) is 5.41 Å². The van der Waals surface area contributed by atoms with Gasteiger partial charge in [0, 0.05) is 24.9 Å². The Morgan fingerprint density at radius 1 is 1.38 bits per heavy atom. The van der Waals surface area contributed by atoms with Crippen LogP contribution < -0.4 is 5.73 Å². The molecule has 2 aliphatic rings. The molecule has 0 spiro atoms. The maximum atomic E-state index is 9.88. The highest BCUT2D eigenvalue weighted by molar-refractivity contribution is 7.08. The first-order valence-electron chi connectivity index (χ1n) is 7.80. The van der Waals surface area contributed by atoms with Gasteiger partial charge in [0.2, 0.25) is 0 Å². The van der Waals surface area contributed by atoms with Crippen LogP contribution in [-0.4, -0.2) is 24.5 Å². The molecule has 6 heteroatoms. The van der Waals surface area contributed by atoms with E-state index in [0.29, 0.717) is 12.1 Å². The summed E-state index contributed by atoms with van der Waals surface area (Å²) in [5.74, 6) is -0.453. The molecule has 0 saturated heterocycles. The van der Waals surface area contributed by atoms with Crippen molar-refractivity contribution in [1.82, 2.24) is 4.90 Å². The molecule has 1 aliphatic heterocycles. The average molecular weight is 335 g/mol. The summed E-state index contributed by atoms with van der Waals surface area (Å²) in [6.45, 7) is 4.43. The molecule has 0 aromatic carbocycles. The number of thiophene rings is 1. The van der Waals surface area contributed by atoms with Crippen LogP contribution in [0.25, 0.3) is 0 Å². The fourth-order valence-corrected chi connectivity index (χ4v) is 4.52. The van der Waals surface area contributed by atoms with Crippen LogP contribution >= 0.6 is 11.3 Å². The highest BCUT2D eigenvalue weighted by Gasteiger charge is 2.54. The molecule has 0 fully saturated rings. The minimum absolute atomic E-state index is 0.0884. The molecule has 2 atom stereocenters. The lowest BCUT2D eigenvalue weighted by atomic mass is 9.58. The van der Waals surface area contributed by atoms with Gasteiger partial charge in [0.05, 0.1) is 23.4 Å². The zero-order valence-electron chi connectivity index (χ0n) is 13.4. The predicted octanol–water partition coefficient (Wildman–Crippen LogP) is 2.49. The predicted molar refractivity (Wildman–Crippen MR) is 91.2 cm³/mol. The summed E-state index contributed by atoms with van der Waals surface area (Å²) in [6.07, 6.45) is 2.03. The Balaban J connectivity index is 2.29. The molecule has 1 aromatic heterocycles. The highest BCUT2D eigenvalue weighted by Crippen LogP contribution is 2.54. The Morgan fingerprint density at radius 2 is 2.12 bits per heavy atom. The second-order valence-corrected chi connectivity index (χ2v) is 6.86. The van der Waals surface area contributed by atoms with E-state index in [0.717, 1.165) is 24.2 Å². The molecule has 0 saturated carbocycles. The Bertz CT molecular complexity index is 814. The molecular weight excluding hydrogens is 318 g/mol. The molecule has 24 heavy (non-hydrogen) atoms. The normalized spacial score (nSPS) is 25.8. The fraction of sp³-hybridized carbons (Fsp3) is 0.389. The largest absolute Gasteiger partial charge is 0.399 e. The van der Waals surface area contributed by atoms with Crippen LogP contribution in [0.5, 0.6) is 0 Å². The summed E-state index contributed by atoms with van der Waals surface area (Å²) < 4.78 is 0. The first-order valence-corrected chi connectivity index (χ1v) is 8.74. The highest BCUT2D eigenvalue weighted by atomic mass is 32.1. The van der Waals surface area contributed by atoms with Crippen molar-refractivity contribution in [3.8, 4) is 18.2 Å². The smallest absolute Gasteiger partial charge is 0.191 e. The van der Waals surface area contributed by atoms with E-state index in [2.05, 4.69) is 30.0 Å². The van der Waals surface area contributed by atoms with Gasteiger partial charge in [-0.2, -0.15) is 27.1 Å². The molecule has 120 valence electrons. The van der Waals surface area contributed by atoms with E-state index in [1.807, 2.05) is 22.9 Å². The molecule has 1 aromatic rings. The van der Waals surface area contributed by atoms with Crippen molar-refractivity contribution in [1.29, 1.82) is 15.8 Å². The third-order valence-corrected chi connectivity index (χ3v) is 5.79. The summed E-state index contributed by atoms with van der Waals surface area (Å²) in [6, 6.07) is 8.39. The van der Waals surface area contributed by atoms with Crippen molar-refractivity contribution in [2.24, 2.45) is 17.1 Å². The van der Waals surface area contributed by atoms with E-state index in [1.165, 1.54) is 11.3 Å². The summed E-state index contributed by atoms with van der Waals surface area (Å²) in [7, 11) is 0. The van der Waals surface area contributed by atoms with Crippen LogP contribution in [0, 0.1) is 45.3 Å². The van der Waals surface area contributed by atoms with Crippen molar-refractivity contribution < 1.29 is 0 Å². The van der Waals surface area contributed by atoms with Gasteiger partial charge in [0.1, 0.15) is 6.07 Å². The van der Waals surface area contributed by atoms with E-state index < -0.39 is 5.41 Å². The SMILES string of the molecule is CCN1CC=C2C(C#N)=C(N)C(C#N)(C#N)[C@@H](c3ccsc3)[C@@H]2C1. The van der Waals surface area contributed by atoms with Crippen LogP contribution in [0.1, 0.15) is 18.4 Å². The lowest BCUT2D eigenvalue weighted by Crippen LogP contribution is -2.47. The maximum absolute atomic E-state index is 9.88. The molecule has 0 bridgehead atoms. The molecule has 0 unspecified atom stereocenters. The minimum Gasteiger partial charge on any atom is -0.399 e. The van der Waals surface area contributed by atoms with Crippen LogP contribution in [0.4, 0.5) is 0 Å². The van der Waals surface area contributed by atoms with Gasteiger partial charge < -0.3 is 5.73 Å². The second-order valence-electron chi connectivity index (χ2n) is 6.08. The number of rotatable bonds is 2. The zero-order chi connectivity index (χ0) is 17.3. The van der Waals surface area contributed by atoms with Gasteiger partial charge in [-0.25, -0.2) is 0 Å². The van der Waals surface area contributed by atoms with Crippen LogP contribution in [-0.2, 0) is 0 Å². The molecule has 2 heterocycles. The summed E-state index contributed by atoms with van der Waals surface area (Å²) in [4.78, 5) is 2.25. The van der Waals surface area contributed by atoms with E-state index in [-0.39, 0.29) is 17.5 Å². The Labute approximate surface area is 145 Å². The van der Waals surface area contributed by atoms with Gasteiger partial charge in [-0.05, 0) is 34.5 Å². The standard InChI is InChI=1S/C18H17N5S/c1-2-23-5-3-13-14(7-19)17(22)18(10-20,11-21)16(15(13)8-23)12-4-6-24-9-12/h3-4,6,9,15-16H,2,5,8,22H2,1H3/t15-,16+/m1/s1. The van der Waals surface area contributed by atoms with E-state index >= 15 is 0 Å². The van der Waals surface area contributed by atoms with Crippen LogP contribution in [0.15, 0.2) is 39.7 Å². The molecule has 5 nitrogen and oxygen atoms in total. The van der Waals surface area contributed by atoms with Crippen molar-refractivity contribution >= 4 is 11.3 Å². The number of nitriles is 3. The third-order valence-electron chi connectivity index (χ3n) is 5.09. The number of hydrogen-bond acceptors (Lipinski definition) is 6. The summed E-state index contributed by atoms with van der Waals surface area (Å²) >= 11 is 1.53. The number of fused-ring (bicyclic) bond motifs is 1. The summed E-state index contributed by atoms with van der Waals surface area (Å²) in [5.41, 5.74) is 6.95. The van der Waals surface area contributed by atoms with Gasteiger partial charge in [0.25, 0.3) is 0 Å². The number of likely N-dealkylation sites (N-methyl/N-ethyl adjacent to an activating group) is 1. The summed E-state index contributed by atoms with van der Waals surface area (Å²) in [5, 5.41) is 33.3. The van der Waals surface area contributed by atoms with Gasteiger partial charge in [-0.15, -0.1) is 0 Å². The minimum atomic E-state index is -1.51. The van der Waals surface area contributed by atoms with Crippen molar-refractivity contribution in [3.63, 3.8) is 0 Å². The van der Waals surface area contributed by atoms with Gasteiger partial charge >= 0.3 is 0 Å². The number of hydrogen-bond donors (Lipinski definition) is 1. The average Bonchev–Trinajstić information content (AvgIpc) is 3.14. The van der Waals surface area contributed by atoms with E-state index in [1.54, 1.807) is 0 Å². The second kappa shape index (κ2) is 6.13.